The molecule has 0 spiro atoms. The monoisotopic (exact) mass is 354 g/mol. The number of nitrogens with zero attached hydrogens (tertiary/aromatic N) is 1. The van der Waals surface area contributed by atoms with Gasteiger partial charge in [-0.25, -0.2) is 0 Å². The molecule has 26 heavy (non-hydrogen) atoms. The molecular weight excluding hydrogens is 332 g/mol. The minimum absolute atomic E-state index is 0.00593. The summed E-state index contributed by atoms with van der Waals surface area (Å²) in [4.78, 5) is 26.8. The predicted molar refractivity (Wildman–Crippen MR) is 99.4 cm³/mol. The van der Waals surface area contributed by atoms with Crippen LogP contribution in [0.15, 0.2) is 50.2 Å². The number of rotatable bonds is 5. The summed E-state index contributed by atoms with van der Waals surface area (Å²) in [5.74, 6) is 0.329. The molecule has 1 amide bonds. The molecule has 0 bridgehead atoms. The molecule has 1 N–H and O–H groups in total. The molecule has 3 rings (SSSR count). The lowest BCUT2D eigenvalue weighted by molar-refractivity contribution is 0.0912. The van der Waals surface area contributed by atoms with E-state index in [0.717, 1.165) is 16.9 Å². The van der Waals surface area contributed by atoms with E-state index in [1.807, 2.05) is 45.0 Å². The second-order valence-corrected chi connectivity index (χ2v) is 6.64. The van der Waals surface area contributed by atoms with E-state index in [0.29, 0.717) is 17.5 Å². The van der Waals surface area contributed by atoms with Crippen LogP contribution in [0.3, 0.4) is 0 Å². The number of likely N-dealkylation sites (N-methyl/N-ethyl adjacent to an activating group) is 1. The highest BCUT2D eigenvalue weighted by Gasteiger charge is 2.20. The zero-order valence-electron chi connectivity index (χ0n) is 15.3. The van der Waals surface area contributed by atoms with Crippen LogP contribution >= 0.6 is 0 Å². The number of benzene rings is 1. The van der Waals surface area contributed by atoms with Crippen molar-refractivity contribution in [3.63, 3.8) is 0 Å². The topological polar surface area (TPSA) is 75.7 Å². The van der Waals surface area contributed by atoms with Crippen LogP contribution < -0.4 is 10.7 Å². The van der Waals surface area contributed by atoms with E-state index in [1.54, 1.807) is 18.4 Å². The Morgan fingerprint density at radius 2 is 2.00 bits per heavy atom. The van der Waals surface area contributed by atoms with Gasteiger partial charge in [-0.1, -0.05) is 6.07 Å². The van der Waals surface area contributed by atoms with E-state index in [9.17, 15) is 9.59 Å². The fourth-order valence-corrected chi connectivity index (χ4v) is 3.02. The molecule has 3 aromatic rings. The SMILES string of the molecule is Cc1cc(C)c2oc(C(=O)NC[C@H](c3ccco3)N(C)C)cc(=O)c2c1. The van der Waals surface area contributed by atoms with Gasteiger partial charge in [-0.05, 0) is 57.3 Å². The molecule has 0 aliphatic rings. The van der Waals surface area contributed by atoms with Gasteiger partial charge >= 0.3 is 0 Å². The van der Waals surface area contributed by atoms with Crippen molar-refractivity contribution < 1.29 is 13.6 Å². The first-order valence-corrected chi connectivity index (χ1v) is 8.40. The van der Waals surface area contributed by atoms with Gasteiger partial charge in [0.05, 0.1) is 17.7 Å². The summed E-state index contributed by atoms with van der Waals surface area (Å²) in [6, 6.07) is 8.49. The largest absolute Gasteiger partial charge is 0.468 e. The number of carbonyl (C=O) groups is 1. The Morgan fingerprint density at radius 3 is 2.65 bits per heavy atom. The second kappa shape index (κ2) is 7.17. The maximum atomic E-state index is 12.5. The molecule has 0 saturated heterocycles. The summed E-state index contributed by atoms with van der Waals surface area (Å²) in [7, 11) is 3.81. The van der Waals surface area contributed by atoms with Crippen molar-refractivity contribution in [2.75, 3.05) is 20.6 Å². The van der Waals surface area contributed by atoms with Crippen LogP contribution in [0.4, 0.5) is 0 Å². The molecule has 0 aliphatic carbocycles. The van der Waals surface area contributed by atoms with Crippen LogP contribution in [0.5, 0.6) is 0 Å². The second-order valence-electron chi connectivity index (χ2n) is 6.64. The van der Waals surface area contributed by atoms with E-state index in [4.69, 9.17) is 8.83 Å². The molecule has 2 aromatic heterocycles. The Balaban J connectivity index is 1.85. The number of fused-ring (bicyclic) bond motifs is 1. The first-order chi connectivity index (χ1) is 12.4. The van der Waals surface area contributed by atoms with E-state index >= 15 is 0 Å². The average Bonchev–Trinajstić information content (AvgIpc) is 3.09. The lowest BCUT2D eigenvalue weighted by Gasteiger charge is -2.22. The number of amides is 1. The van der Waals surface area contributed by atoms with Crippen LogP contribution in [0.1, 0.15) is 33.5 Å². The Labute approximate surface area is 151 Å². The van der Waals surface area contributed by atoms with E-state index < -0.39 is 5.91 Å². The van der Waals surface area contributed by atoms with Gasteiger partial charge in [0.1, 0.15) is 11.3 Å². The van der Waals surface area contributed by atoms with E-state index in [2.05, 4.69) is 5.32 Å². The van der Waals surface area contributed by atoms with Crippen molar-refractivity contribution in [3.8, 4) is 0 Å². The third-order valence-electron chi connectivity index (χ3n) is 4.33. The van der Waals surface area contributed by atoms with E-state index in [1.165, 1.54) is 6.07 Å². The molecule has 0 aliphatic heterocycles. The highest BCUT2D eigenvalue weighted by atomic mass is 16.3. The molecule has 0 unspecified atom stereocenters. The average molecular weight is 354 g/mol. The maximum absolute atomic E-state index is 12.5. The third kappa shape index (κ3) is 3.55. The van der Waals surface area contributed by atoms with Crippen LogP contribution in [-0.2, 0) is 0 Å². The zero-order chi connectivity index (χ0) is 18.8. The molecule has 0 saturated carbocycles. The first kappa shape index (κ1) is 17.9. The highest BCUT2D eigenvalue weighted by molar-refractivity contribution is 5.93. The van der Waals surface area contributed by atoms with Crippen molar-refractivity contribution in [2.45, 2.75) is 19.9 Å². The molecule has 6 nitrogen and oxygen atoms in total. The molecule has 1 atom stereocenters. The summed E-state index contributed by atoms with van der Waals surface area (Å²) in [5.41, 5.74) is 2.03. The van der Waals surface area contributed by atoms with Crippen molar-refractivity contribution in [2.24, 2.45) is 0 Å². The molecule has 2 heterocycles. The minimum Gasteiger partial charge on any atom is -0.468 e. The van der Waals surface area contributed by atoms with Crippen molar-refractivity contribution in [1.29, 1.82) is 0 Å². The highest BCUT2D eigenvalue weighted by Crippen LogP contribution is 2.20. The normalized spacial score (nSPS) is 12.5. The minimum atomic E-state index is -0.428. The van der Waals surface area contributed by atoms with Gasteiger partial charge in [-0.15, -0.1) is 0 Å². The summed E-state index contributed by atoms with van der Waals surface area (Å²) in [5, 5.41) is 3.31. The van der Waals surface area contributed by atoms with Gasteiger partial charge in [0.15, 0.2) is 11.2 Å². The summed E-state index contributed by atoms with van der Waals surface area (Å²) >= 11 is 0. The number of carbonyl (C=O) groups excluding carboxylic acids is 1. The van der Waals surface area contributed by atoms with Gasteiger partial charge in [0.2, 0.25) is 0 Å². The summed E-state index contributed by atoms with van der Waals surface area (Å²) < 4.78 is 11.2. The molecule has 0 radical (unpaired) electrons. The molecule has 0 fully saturated rings. The molecule has 6 heteroatoms. The lowest BCUT2D eigenvalue weighted by Crippen LogP contribution is -2.34. The van der Waals surface area contributed by atoms with Gasteiger partial charge in [0.25, 0.3) is 5.91 Å². The van der Waals surface area contributed by atoms with Crippen LogP contribution in [0.25, 0.3) is 11.0 Å². The Kier molecular flexibility index (Phi) is 4.95. The van der Waals surface area contributed by atoms with Gasteiger partial charge < -0.3 is 14.2 Å². The third-order valence-corrected chi connectivity index (χ3v) is 4.33. The Morgan fingerprint density at radius 1 is 1.23 bits per heavy atom. The quantitative estimate of drug-likeness (QED) is 0.762. The number of aryl methyl sites for hydroxylation is 2. The Hall–Kier alpha value is -2.86. The van der Waals surface area contributed by atoms with Crippen LogP contribution in [-0.4, -0.2) is 31.4 Å². The summed E-state index contributed by atoms with van der Waals surface area (Å²) in [6.07, 6.45) is 1.60. The Bertz CT molecular complexity index is 987. The van der Waals surface area contributed by atoms with Gasteiger partial charge in [-0.3, -0.25) is 14.5 Å². The molecule has 136 valence electrons. The van der Waals surface area contributed by atoms with E-state index in [-0.39, 0.29) is 17.2 Å². The van der Waals surface area contributed by atoms with Crippen molar-refractivity contribution in [1.82, 2.24) is 10.2 Å². The first-order valence-electron chi connectivity index (χ1n) is 8.40. The maximum Gasteiger partial charge on any atom is 0.287 e. The molecular formula is C20H22N2O4. The number of furan rings is 1. The smallest absolute Gasteiger partial charge is 0.287 e. The zero-order valence-corrected chi connectivity index (χ0v) is 15.3. The van der Waals surface area contributed by atoms with Gasteiger partial charge in [-0.2, -0.15) is 0 Å². The van der Waals surface area contributed by atoms with Crippen molar-refractivity contribution in [3.05, 3.63) is 69.5 Å². The molecule has 1 aromatic carbocycles. The fraction of sp³-hybridized carbons (Fsp3) is 0.300. The number of hydrogen-bond donors (Lipinski definition) is 1. The van der Waals surface area contributed by atoms with Crippen LogP contribution in [0.2, 0.25) is 0 Å². The van der Waals surface area contributed by atoms with Gasteiger partial charge in [0, 0.05) is 12.6 Å². The van der Waals surface area contributed by atoms with Crippen molar-refractivity contribution >= 4 is 16.9 Å². The summed E-state index contributed by atoms with van der Waals surface area (Å²) in [6.45, 7) is 4.11. The fourth-order valence-electron chi connectivity index (χ4n) is 3.02. The predicted octanol–water partition coefficient (Wildman–Crippen LogP) is 3.04. The standard InChI is InChI=1S/C20H22N2O4/c1-12-8-13(2)19-14(9-12)16(23)10-18(26-19)20(24)21-11-15(22(3)4)17-6-5-7-25-17/h5-10,15H,11H2,1-4H3,(H,21,24)/t15-/m1/s1. The lowest BCUT2D eigenvalue weighted by atomic mass is 10.1. The number of nitrogens with one attached hydrogen (secondary N) is 1. The number of hydrogen-bond acceptors (Lipinski definition) is 5. The van der Waals surface area contributed by atoms with Crippen LogP contribution in [0, 0.1) is 13.8 Å².